The van der Waals surface area contributed by atoms with Crippen molar-refractivity contribution in [2.24, 2.45) is 5.10 Å². The molecule has 0 radical (unpaired) electrons. The minimum Gasteiger partial charge on any atom is -0.493 e. The fourth-order valence-electron chi connectivity index (χ4n) is 3.10. The molecule has 0 spiro atoms. The summed E-state index contributed by atoms with van der Waals surface area (Å²) in [6.45, 7) is 3.30. The number of hydrogen-bond donors (Lipinski definition) is 1. The van der Waals surface area contributed by atoms with Crippen molar-refractivity contribution < 1.29 is 22.6 Å². The molecule has 1 N–H and O–H groups in total. The molecule has 1 aromatic heterocycles. The van der Waals surface area contributed by atoms with Gasteiger partial charge in [-0.3, -0.25) is 5.43 Å². The Balaban J connectivity index is 1.94. The highest BCUT2D eigenvalue weighted by molar-refractivity contribution is 7.92. The Hall–Kier alpha value is -3.53. The minimum atomic E-state index is -3.51. The number of sulfone groups is 1. The summed E-state index contributed by atoms with van der Waals surface area (Å²) in [4.78, 5) is 0.201. The summed E-state index contributed by atoms with van der Waals surface area (Å²) in [5.41, 5.74) is 4.01. The van der Waals surface area contributed by atoms with Gasteiger partial charge in [-0.25, -0.2) is 13.1 Å². The Kier molecular flexibility index (Phi) is 7.04. The largest absolute Gasteiger partial charge is 0.493 e. The van der Waals surface area contributed by atoms with Crippen LogP contribution in [0.1, 0.15) is 19.4 Å². The van der Waals surface area contributed by atoms with Crippen LogP contribution in [0.2, 0.25) is 0 Å². The smallest absolute Gasteiger partial charge is 0.203 e. The van der Waals surface area contributed by atoms with Gasteiger partial charge in [0.2, 0.25) is 5.75 Å². The molecule has 9 nitrogen and oxygen atoms in total. The zero-order valence-electron chi connectivity index (χ0n) is 18.6. The number of hydrazone groups is 1. The van der Waals surface area contributed by atoms with Crippen LogP contribution >= 0.6 is 0 Å². The van der Waals surface area contributed by atoms with Crippen molar-refractivity contribution in [2.45, 2.75) is 24.0 Å². The number of para-hydroxylation sites is 1. The number of hydrogen-bond acceptors (Lipinski definition) is 8. The molecule has 0 fully saturated rings. The first kappa shape index (κ1) is 23.1. The van der Waals surface area contributed by atoms with E-state index in [2.05, 4.69) is 15.6 Å². The predicted molar refractivity (Wildman–Crippen MR) is 123 cm³/mol. The molecule has 32 heavy (non-hydrogen) atoms. The van der Waals surface area contributed by atoms with Gasteiger partial charge in [-0.2, -0.15) is 10.2 Å². The summed E-state index contributed by atoms with van der Waals surface area (Å²) in [6, 6.07) is 12.0. The monoisotopic (exact) mass is 458 g/mol. The van der Waals surface area contributed by atoms with E-state index in [9.17, 15) is 8.42 Å². The molecule has 0 aliphatic carbocycles. The fourth-order valence-corrected chi connectivity index (χ4v) is 4.32. The van der Waals surface area contributed by atoms with Gasteiger partial charge in [-0.1, -0.05) is 12.1 Å². The highest BCUT2D eigenvalue weighted by atomic mass is 32.2. The summed E-state index contributed by atoms with van der Waals surface area (Å²) < 4.78 is 43.3. The van der Waals surface area contributed by atoms with Crippen LogP contribution < -0.4 is 19.6 Å². The third-order valence-corrected chi connectivity index (χ3v) is 6.98. The number of aromatic nitrogens is 2. The highest BCUT2D eigenvalue weighted by Crippen LogP contribution is 2.39. The molecule has 1 heterocycles. The van der Waals surface area contributed by atoms with Crippen molar-refractivity contribution in [2.75, 3.05) is 26.8 Å². The van der Waals surface area contributed by atoms with Crippen molar-refractivity contribution in [1.29, 1.82) is 0 Å². The SMILES string of the molecule is COc1ccc(C=NNc2ccnn2-c2ccccc2S(=O)(=O)C(C)C)c(OC)c1OC. The van der Waals surface area contributed by atoms with Crippen LogP contribution in [-0.2, 0) is 9.84 Å². The maximum absolute atomic E-state index is 12.8. The Labute approximate surface area is 187 Å². The summed E-state index contributed by atoms with van der Waals surface area (Å²) >= 11 is 0. The Morgan fingerprint density at radius 1 is 1.00 bits per heavy atom. The van der Waals surface area contributed by atoms with E-state index in [1.54, 1.807) is 75.8 Å². The minimum absolute atomic E-state index is 0.201. The molecular formula is C22H26N4O5S. The van der Waals surface area contributed by atoms with Crippen molar-refractivity contribution in [3.63, 3.8) is 0 Å². The maximum atomic E-state index is 12.8. The second-order valence-electron chi connectivity index (χ2n) is 6.98. The summed E-state index contributed by atoms with van der Waals surface area (Å²) in [5, 5.41) is 8.00. The van der Waals surface area contributed by atoms with Crippen molar-refractivity contribution in [3.05, 3.63) is 54.2 Å². The molecule has 0 amide bonds. The van der Waals surface area contributed by atoms with Crippen LogP contribution in [0.3, 0.4) is 0 Å². The van der Waals surface area contributed by atoms with E-state index in [0.29, 0.717) is 34.3 Å². The van der Waals surface area contributed by atoms with Crippen LogP contribution in [0.25, 0.3) is 5.69 Å². The molecule has 0 saturated carbocycles. The highest BCUT2D eigenvalue weighted by Gasteiger charge is 2.24. The van der Waals surface area contributed by atoms with Gasteiger partial charge in [0.05, 0.1) is 49.6 Å². The quantitative estimate of drug-likeness (QED) is 0.386. The van der Waals surface area contributed by atoms with Crippen LogP contribution in [-0.4, -0.2) is 51.0 Å². The molecule has 0 bridgehead atoms. The normalized spacial score (nSPS) is 11.7. The topological polar surface area (TPSA) is 104 Å². The van der Waals surface area contributed by atoms with E-state index >= 15 is 0 Å². The first-order valence-corrected chi connectivity index (χ1v) is 11.3. The molecule has 3 rings (SSSR count). The van der Waals surface area contributed by atoms with Gasteiger partial charge in [-0.15, -0.1) is 0 Å². The van der Waals surface area contributed by atoms with Crippen LogP contribution in [0.5, 0.6) is 17.2 Å². The lowest BCUT2D eigenvalue weighted by Crippen LogP contribution is -2.17. The van der Waals surface area contributed by atoms with E-state index in [4.69, 9.17) is 14.2 Å². The lowest BCUT2D eigenvalue weighted by atomic mass is 10.2. The molecule has 10 heteroatoms. The average Bonchev–Trinajstić information content (AvgIpc) is 3.26. The van der Waals surface area contributed by atoms with Crippen LogP contribution in [0, 0.1) is 0 Å². The second kappa shape index (κ2) is 9.73. The molecular weight excluding hydrogens is 432 g/mol. The average molecular weight is 459 g/mol. The Morgan fingerprint density at radius 2 is 1.72 bits per heavy atom. The number of nitrogens with one attached hydrogen (secondary N) is 1. The molecule has 0 unspecified atom stereocenters. The van der Waals surface area contributed by atoms with E-state index in [0.717, 1.165) is 0 Å². The van der Waals surface area contributed by atoms with E-state index in [1.807, 2.05) is 0 Å². The molecule has 3 aromatic rings. The molecule has 2 aromatic carbocycles. The number of nitrogens with zero attached hydrogens (tertiary/aromatic N) is 3. The maximum Gasteiger partial charge on any atom is 0.203 e. The standard InChI is InChI=1S/C22H26N4O5S/c1-15(2)32(27,28)19-9-7-6-8-17(19)26-20(12-13-24-26)25-23-14-16-10-11-18(29-3)22(31-5)21(16)30-4/h6-15,25H,1-5H3. The van der Waals surface area contributed by atoms with Crippen molar-refractivity contribution >= 4 is 21.9 Å². The number of anilines is 1. The van der Waals surface area contributed by atoms with Crippen LogP contribution in [0.15, 0.2) is 58.7 Å². The summed E-state index contributed by atoms with van der Waals surface area (Å²) in [6.07, 6.45) is 3.13. The zero-order chi connectivity index (χ0) is 23.3. The number of benzene rings is 2. The summed E-state index contributed by atoms with van der Waals surface area (Å²) in [5.74, 6) is 1.96. The lowest BCUT2D eigenvalue weighted by molar-refractivity contribution is 0.324. The first-order chi connectivity index (χ1) is 15.3. The number of rotatable bonds is 9. The molecule has 0 aliphatic heterocycles. The fraction of sp³-hybridized carbons (Fsp3) is 0.273. The van der Waals surface area contributed by atoms with Crippen LogP contribution in [0.4, 0.5) is 5.82 Å². The zero-order valence-corrected chi connectivity index (χ0v) is 19.4. The third-order valence-electron chi connectivity index (χ3n) is 4.78. The van der Waals surface area contributed by atoms with E-state index in [-0.39, 0.29) is 4.90 Å². The summed E-state index contributed by atoms with van der Waals surface area (Å²) in [7, 11) is 1.10. The van der Waals surface area contributed by atoms with Crippen molar-refractivity contribution in [1.82, 2.24) is 9.78 Å². The number of methoxy groups -OCH3 is 3. The van der Waals surface area contributed by atoms with Gasteiger partial charge >= 0.3 is 0 Å². The van der Waals surface area contributed by atoms with Crippen molar-refractivity contribution in [3.8, 4) is 22.9 Å². The van der Waals surface area contributed by atoms with Gasteiger partial charge in [-0.05, 0) is 38.1 Å². The lowest BCUT2D eigenvalue weighted by Gasteiger charge is -2.15. The Bertz CT molecular complexity index is 1220. The Morgan fingerprint density at radius 3 is 2.38 bits per heavy atom. The first-order valence-electron chi connectivity index (χ1n) is 9.80. The molecule has 0 saturated heterocycles. The molecule has 0 atom stereocenters. The van der Waals surface area contributed by atoms with Gasteiger partial charge < -0.3 is 14.2 Å². The third kappa shape index (κ3) is 4.40. The van der Waals surface area contributed by atoms with Gasteiger partial charge in [0.15, 0.2) is 21.3 Å². The van der Waals surface area contributed by atoms with E-state index in [1.165, 1.54) is 18.9 Å². The molecule has 170 valence electrons. The number of ether oxygens (including phenoxy) is 3. The van der Waals surface area contributed by atoms with Gasteiger partial charge in [0.25, 0.3) is 0 Å². The van der Waals surface area contributed by atoms with E-state index < -0.39 is 15.1 Å². The predicted octanol–water partition coefficient (Wildman–Crippen LogP) is 3.53. The second-order valence-corrected chi connectivity index (χ2v) is 9.46. The van der Waals surface area contributed by atoms with Gasteiger partial charge in [0, 0.05) is 11.6 Å². The van der Waals surface area contributed by atoms with Gasteiger partial charge in [0.1, 0.15) is 5.82 Å². The molecule has 0 aliphatic rings.